The summed E-state index contributed by atoms with van der Waals surface area (Å²) in [5.41, 5.74) is 10.5. The lowest BCUT2D eigenvalue weighted by Gasteiger charge is -2.31. The Labute approximate surface area is 333 Å². The monoisotopic (exact) mass is 768 g/mol. The number of benzene rings is 2. The van der Waals surface area contributed by atoms with Gasteiger partial charge in [0.15, 0.2) is 0 Å². The van der Waals surface area contributed by atoms with Gasteiger partial charge in [-0.1, -0.05) is 62.4 Å². The maximum Gasteiger partial charge on any atom is 0.407 e. The van der Waals surface area contributed by atoms with Crippen LogP contribution in [0, 0.1) is 36.5 Å². The number of fused-ring (bicyclic) bond motifs is 2. The number of alkyl carbamates (subject to hydrolysis) is 1. The van der Waals surface area contributed by atoms with Crippen LogP contribution in [0.4, 0.5) is 4.79 Å². The highest BCUT2D eigenvalue weighted by Gasteiger charge is 2.52. The van der Waals surface area contributed by atoms with Crippen molar-refractivity contribution in [2.75, 3.05) is 13.7 Å². The molecule has 2 unspecified atom stereocenters. The lowest BCUT2D eigenvalue weighted by molar-refractivity contribution is -0.134. The van der Waals surface area contributed by atoms with Gasteiger partial charge in [-0.15, -0.1) is 0 Å². The predicted octanol–water partition coefficient (Wildman–Crippen LogP) is 7.07. The number of methoxy groups -OCH3 is 1. The van der Waals surface area contributed by atoms with Gasteiger partial charge in [-0.3, -0.25) is 24.4 Å². The zero-order valence-corrected chi connectivity index (χ0v) is 33.2. The molecule has 0 radical (unpaired) electrons. The van der Waals surface area contributed by atoms with Crippen LogP contribution in [-0.2, 0) is 20.9 Å². The van der Waals surface area contributed by atoms with Gasteiger partial charge in [-0.25, -0.2) is 4.79 Å². The van der Waals surface area contributed by atoms with Crippen molar-refractivity contribution >= 4 is 40.5 Å². The molecule has 3 amide bonds. The first-order valence-corrected chi connectivity index (χ1v) is 20.4. The Hall–Kier alpha value is -5.58. The summed E-state index contributed by atoms with van der Waals surface area (Å²) in [5.74, 6) is 0.735. The molecule has 3 N–H and O–H groups in total. The summed E-state index contributed by atoms with van der Waals surface area (Å²) in [6.45, 7) is 6.86. The predicted molar refractivity (Wildman–Crippen MR) is 222 cm³/mol. The van der Waals surface area contributed by atoms with E-state index in [1.807, 2.05) is 31.1 Å². The third kappa shape index (κ3) is 7.64. The normalized spacial score (nSPS) is 24.2. The molecule has 1 aromatic heterocycles. The lowest BCUT2D eigenvalue weighted by Crippen LogP contribution is -2.53. The molecular weight excluding hydrogens is 717 g/mol. The Morgan fingerprint density at radius 3 is 2.39 bits per heavy atom. The van der Waals surface area contributed by atoms with Crippen molar-refractivity contribution in [2.24, 2.45) is 39.6 Å². The molecule has 3 aliphatic heterocycles. The summed E-state index contributed by atoms with van der Waals surface area (Å²) in [6, 6.07) is 18.0. The topological polar surface area (TPSA) is 145 Å². The number of pyridine rings is 1. The van der Waals surface area contributed by atoms with Gasteiger partial charge in [0.2, 0.25) is 11.8 Å². The molecular formula is C46H52N6O5. The Kier molecular flexibility index (Phi) is 10.8. The van der Waals surface area contributed by atoms with Crippen LogP contribution in [0.25, 0.3) is 22.3 Å². The molecule has 2 aromatic carbocycles. The van der Waals surface area contributed by atoms with Crippen molar-refractivity contribution in [3.63, 3.8) is 0 Å². The number of hydrogen-bond acceptors (Lipinski definition) is 7. The molecule has 57 heavy (non-hydrogen) atoms. The number of nitrogens with zero attached hydrogens (tertiary/aromatic N) is 3. The fourth-order valence-electron chi connectivity index (χ4n) is 10.0. The minimum atomic E-state index is -0.655. The number of aromatic nitrogens is 1. The van der Waals surface area contributed by atoms with Crippen LogP contribution < -0.4 is 16.2 Å². The molecule has 4 heterocycles. The van der Waals surface area contributed by atoms with E-state index in [1.54, 1.807) is 18.3 Å². The Balaban J connectivity index is 0.882. The number of nitrogens with one attached hydrogen (secondary N) is 3. The largest absolute Gasteiger partial charge is 0.453 e. The van der Waals surface area contributed by atoms with E-state index in [2.05, 4.69) is 65.0 Å². The Morgan fingerprint density at radius 1 is 0.912 bits per heavy atom. The SMILES string of the molecule is COC(=O)N[C@H](C(=O)N1CCC[C@H]1C1=NC=C(c2ccc(-c3ccc(C4=CN=C([C@H]5C6CCC(C6)[C@@H]5C(=O)NCc5ccc[nH]c5=O)C4)cc3)cc2C)C1)C(C)C. The second-order valence-corrected chi connectivity index (χ2v) is 16.7. The number of aryl methyl sites for hydroxylation is 1. The third-order valence-electron chi connectivity index (χ3n) is 12.9. The maximum absolute atomic E-state index is 13.6. The van der Waals surface area contributed by atoms with Crippen LogP contribution in [-0.4, -0.2) is 65.0 Å². The zero-order chi connectivity index (χ0) is 39.8. The summed E-state index contributed by atoms with van der Waals surface area (Å²) in [6.07, 6.45) is 11.4. The minimum Gasteiger partial charge on any atom is -0.453 e. The van der Waals surface area contributed by atoms with E-state index in [0.29, 0.717) is 30.4 Å². The Morgan fingerprint density at radius 2 is 1.63 bits per heavy atom. The molecule has 296 valence electrons. The van der Waals surface area contributed by atoms with E-state index in [9.17, 15) is 19.2 Å². The minimum absolute atomic E-state index is 0.0352. The van der Waals surface area contributed by atoms with Gasteiger partial charge in [0.1, 0.15) is 6.04 Å². The standard InChI is InChI=1S/C46H52N6O5/c1-26(2)42(51-46(56)57-4)45(55)52-18-6-8-39(52)37-22-35(25-48-37)36-16-15-30(19-27(36)3)28-9-11-29(12-10-28)34-21-38(49-24-34)40-31-13-14-32(20-31)41(40)44(54)50-23-33-7-5-17-47-43(33)53/h5,7,9-12,15-17,19,24-26,31-32,39-42H,6,8,13-14,18,20-23H2,1-4H3,(H,47,53)(H,50,54)(H,51,56)/t31?,32?,39-,40+,41-,42-/m0/s1. The van der Waals surface area contributed by atoms with Gasteiger partial charge in [-0.2, -0.15) is 0 Å². The molecule has 3 aromatic rings. The molecule has 2 aliphatic carbocycles. The van der Waals surface area contributed by atoms with Crippen molar-refractivity contribution in [2.45, 2.75) is 84.3 Å². The first-order chi connectivity index (χ1) is 27.6. The number of aromatic amines is 1. The fourth-order valence-corrected chi connectivity index (χ4v) is 10.0. The number of carbonyl (C=O) groups is 3. The van der Waals surface area contributed by atoms with Crippen LogP contribution in [0.1, 0.15) is 81.0 Å². The smallest absolute Gasteiger partial charge is 0.407 e. The first kappa shape index (κ1) is 38.3. The molecule has 5 aliphatic rings. The van der Waals surface area contributed by atoms with Crippen molar-refractivity contribution in [1.29, 1.82) is 0 Å². The number of carbonyl (C=O) groups excluding carboxylic acids is 3. The molecule has 2 bridgehead atoms. The molecule has 2 saturated carbocycles. The summed E-state index contributed by atoms with van der Waals surface area (Å²) < 4.78 is 4.78. The summed E-state index contributed by atoms with van der Waals surface area (Å²) in [4.78, 5) is 65.7. The van der Waals surface area contributed by atoms with E-state index >= 15 is 0 Å². The van der Waals surface area contributed by atoms with Crippen LogP contribution >= 0.6 is 0 Å². The van der Waals surface area contributed by atoms with E-state index in [1.165, 1.54) is 12.7 Å². The molecule has 3 fully saturated rings. The van der Waals surface area contributed by atoms with Crippen LogP contribution in [0.3, 0.4) is 0 Å². The van der Waals surface area contributed by atoms with Crippen molar-refractivity contribution in [3.05, 3.63) is 106 Å². The van der Waals surface area contributed by atoms with Gasteiger partial charge in [0.25, 0.3) is 5.56 Å². The number of likely N-dealkylation sites (tertiary alicyclic amines) is 1. The number of aliphatic imine (C=N–C) groups is 2. The summed E-state index contributed by atoms with van der Waals surface area (Å²) in [7, 11) is 1.31. The van der Waals surface area contributed by atoms with Gasteiger partial charge in [0.05, 0.1) is 13.2 Å². The van der Waals surface area contributed by atoms with Crippen molar-refractivity contribution in [1.82, 2.24) is 20.5 Å². The highest BCUT2D eigenvalue weighted by molar-refractivity contribution is 6.04. The van der Waals surface area contributed by atoms with Gasteiger partial charge in [-0.05, 0) is 102 Å². The average Bonchev–Trinajstić information content (AvgIpc) is 4.08. The van der Waals surface area contributed by atoms with Crippen molar-refractivity contribution in [3.8, 4) is 11.1 Å². The van der Waals surface area contributed by atoms with Gasteiger partial charge >= 0.3 is 6.09 Å². The third-order valence-corrected chi connectivity index (χ3v) is 12.9. The second kappa shape index (κ2) is 16.1. The van der Waals surface area contributed by atoms with Crippen LogP contribution in [0.2, 0.25) is 0 Å². The van der Waals surface area contributed by atoms with E-state index in [4.69, 9.17) is 14.7 Å². The second-order valence-electron chi connectivity index (χ2n) is 16.7. The number of H-pyrrole nitrogens is 1. The molecule has 11 nitrogen and oxygen atoms in total. The summed E-state index contributed by atoms with van der Waals surface area (Å²) >= 11 is 0. The van der Waals surface area contributed by atoms with Gasteiger partial charge in [0, 0.05) is 73.4 Å². The fraction of sp³-hybridized carbons (Fsp3) is 0.435. The van der Waals surface area contributed by atoms with Crippen LogP contribution in [0.5, 0.6) is 0 Å². The first-order valence-electron chi connectivity index (χ1n) is 20.4. The quantitative estimate of drug-likeness (QED) is 0.191. The highest BCUT2D eigenvalue weighted by Crippen LogP contribution is 2.54. The number of rotatable bonds is 11. The molecule has 0 spiro atoms. The molecule has 1 saturated heterocycles. The Bertz CT molecular complexity index is 2250. The number of allylic oxidation sites excluding steroid dienone is 2. The van der Waals surface area contributed by atoms with Crippen molar-refractivity contribution < 1.29 is 19.1 Å². The van der Waals surface area contributed by atoms with Crippen LogP contribution in [0.15, 0.2) is 88.0 Å². The van der Waals surface area contributed by atoms with E-state index < -0.39 is 12.1 Å². The molecule has 6 atom stereocenters. The van der Waals surface area contributed by atoms with Gasteiger partial charge < -0.3 is 25.3 Å². The number of hydrogen-bond donors (Lipinski definition) is 3. The van der Waals surface area contributed by atoms with E-state index in [-0.39, 0.29) is 47.7 Å². The van der Waals surface area contributed by atoms with E-state index in [0.717, 1.165) is 83.3 Å². The molecule has 8 rings (SSSR count). The zero-order valence-electron chi connectivity index (χ0n) is 33.2. The summed E-state index contributed by atoms with van der Waals surface area (Å²) in [5, 5.41) is 5.80. The highest BCUT2D eigenvalue weighted by atomic mass is 16.5. The lowest BCUT2D eigenvalue weighted by atomic mass is 9.75. The molecule has 11 heteroatoms. The number of amides is 3. The number of ether oxygens (including phenoxy) is 1. The maximum atomic E-state index is 13.6. The average molecular weight is 769 g/mol.